The minimum atomic E-state index is 0.307. The Balaban J connectivity index is 2.21. The van der Waals surface area contributed by atoms with E-state index in [4.69, 9.17) is 27.9 Å². The van der Waals surface area contributed by atoms with Gasteiger partial charge in [-0.15, -0.1) is 0 Å². The zero-order valence-electron chi connectivity index (χ0n) is 11.2. The Morgan fingerprint density at radius 3 is 2.19 bits per heavy atom. The van der Waals surface area contributed by atoms with Crippen LogP contribution in [-0.4, -0.2) is 7.05 Å². The highest BCUT2D eigenvalue weighted by atomic mass is 79.9. The third-order valence-electron chi connectivity index (χ3n) is 2.86. The molecule has 2 aromatic rings. The Bertz CT molecular complexity index is 606. The number of halogens is 4. The van der Waals surface area contributed by atoms with Gasteiger partial charge in [0.25, 0.3) is 0 Å². The fourth-order valence-electron chi connectivity index (χ4n) is 1.87. The summed E-state index contributed by atoms with van der Waals surface area (Å²) in [5.41, 5.74) is 1.93. The summed E-state index contributed by atoms with van der Waals surface area (Å²) in [6.45, 7) is 1.09. The van der Waals surface area contributed by atoms with E-state index >= 15 is 0 Å². The summed E-state index contributed by atoms with van der Waals surface area (Å²) in [5, 5.41) is 4.31. The molecular formula is C15H13Br2Cl2NO. The van der Waals surface area contributed by atoms with E-state index in [1.165, 1.54) is 0 Å². The quantitative estimate of drug-likeness (QED) is 0.616. The molecule has 2 nitrogen and oxygen atoms in total. The molecule has 2 rings (SSSR count). The molecular weight excluding hydrogens is 441 g/mol. The Morgan fingerprint density at radius 2 is 1.67 bits per heavy atom. The van der Waals surface area contributed by atoms with Crippen molar-refractivity contribution in [3.05, 3.63) is 60.4 Å². The molecule has 0 unspecified atom stereocenters. The molecule has 0 fully saturated rings. The van der Waals surface area contributed by atoms with Crippen LogP contribution in [0.25, 0.3) is 0 Å². The Morgan fingerprint density at radius 1 is 1.10 bits per heavy atom. The van der Waals surface area contributed by atoms with Crippen LogP contribution in [0.4, 0.5) is 0 Å². The molecule has 1 N–H and O–H groups in total. The van der Waals surface area contributed by atoms with E-state index in [0.717, 1.165) is 32.4 Å². The fraction of sp³-hybridized carbons (Fsp3) is 0.200. The summed E-state index contributed by atoms with van der Waals surface area (Å²) in [4.78, 5) is 0. The van der Waals surface area contributed by atoms with Gasteiger partial charge in [-0.05, 0) is 68.7 Å². The van der Waals surface area contributed by atoms with Crippen molar-refractivity contribution in [3.63, 3.8) is 0 Å². The zero-order chi connectivity index (χ0) is 15.4. The highest BCUT2D eigenvalue weighted by Gasteiger charge is 2.12. The fourth-order valence-corrected chi connectivity index (χ4v) is 3.89. The van der Waals surface area contributed by atoms with Gasteiger partial charge in [0.15, 0.2) is 0 Å². The van der Waals surface area contributed by atoms with E-state index in [0.29, 0.717) is 16.7 Å². The maximum absolute atomic E-state index is 6.15. The zero-order valence-corrected chi connectivity index (χ0v) is 15.9. The molecule has 0 saturated heterocycles. The van der Waals surface area contributed by atoms with Crippen LogP contribution < -0.4 is 10.1 Å². The van der Waals surface area contributed by atoms with Gasteiger partial charge < -0.3 is 10.1 Å². The first-order chi connectivity index (χ1) is 10.0. The Labute approximate surface area is 151 Å². The first kappa shape index (κ1) is 17.1. The largest absolute Gasteiger partial charge is 0.486 e. The van der Waals surface area contributed by atoms with Crippen molar-refractivity contribution in [1.29, 1.82) is 0 Å². The monoisotopic (exact) mass is 451 g/mol. The summed E-state index contributed by atoms with van der Waals surface area (Å²) in [6.07, 6.45) is 0. The van der Waals surface area contributed by atoms with E-state index in [9.17, 15) is 0 Å². The van der Waals surface area contributed by atoms with Crippen molar-refractivity contribution < 1.29 is 4.74 Å². The smallest absolute Gasteiger partial charge is 0.148 e. The van der Waals surface area contributed by atoms with Crippen molar-refractivity contribution >= 4 is 55.1 Å². The lowest BCUT2D eigenvalue weighted by molar-refractivity contribution is 0.302. The molecule has 0 aliphatic carbocycles. The summed E-state index contributed by atoms with van der Waals surface area (Å²) in [5.74, 6) is 0.728. The van der Waals surface area contributed by atoms with E-state index < -0.39 is 0 Å². The van der Waals surface area contributed by atoms with Gasteiger partial charge in [0.2, 0.25) is 0 Å². The molecule has 0 aliphatic heterocycles. The van der Waals surface area contributed by atoms with Crippen LogP contribution in [0.15, 0.2) is 39.3 Å². The van der Waals surface area contributed by atoms with Crippen molar-refractivity contribution in [2.75, 3.05) is 7.05 Å². The molecule has 0 radical (unpaired) electrons. The lowest BCUT2D eigenvalue weighted by Crippen LogP contribution is -2.05. The number of ether oxygens (including phenoxy) is 1. The molecule has 0 atom stereocenters. The molecule has 0 spiro atoms. The lowest BCUT2D eigenvalue weighted by atomic mass is 10.2. The SMILES string of the molecule is CNCc1cc(Br)c(OCc2c(Cl)cccc2Cl)c(Br)c1. The third-order valence-corrected chi connectivity index (χ3v) is 4.75. The molecule has 0 bridgehead atoms. The number of hydrogen-bond acceptors (Lipinski definition) is 2. The van der Waals surface area contributed by atoms with Crippen LogP contribution in [0, 0.1) is 0 Å². The van der Waals surface area contributed by atoms with Gasteiger partial charge in [0, 0.05) is 22.2 Å². The van der Waals surface area contributed by atoms with Crippen molar-refractivity contribution in [1.82, 2.24) is 5.32 Å². The molecule has 112 valence electrons. The third kappa shape index (κ3) is 4.36. The molecule has 0 aromatic heterocycles. The number of hydrogen-bond donors (Lipinski definition) is 1. The van der Waals surface area contributed by atoms with Gasteiger partial charge >= 0.3 is 0 Å². The van der Waals surface area contributed by atoms with Crippen LogP contribution in [0.2, 0.25) is 10.0 Å². The molecule has 21 heavy (non-hydrogen) atoms. The molecule has 0 heterocycles. The summed E-state index contributed by atoms with van der Waals surface area (Å²) in [6, 6.07) is 9.45. The van der Waals surface area contributed by atoms with Crippen LogP contribution in [0.5, 0.6) is 5.75 Å². The molecule has 0 amide bonds. The summed E-state index contributed by atoms with van der Waals surface area (Å²) >= 11 is 19.4. The van der Waals surface area contributed by atoms with Crippen LogP contribution >= 0.6 is 55.1 Å². The normalized spacial score (nSPS) is 10.7. The Kier molecular flexibility index (Phi) is 6.38. The molecule has 0 aliphatic rings. The van der Waals surface area contributed by atoms with Gasteiger partial charge in [-0.1, -0.05) is 29.3 Å². The number of rotatable bonds is 5. The predicted molar refractivity (Wildman–Crippen MR) is 95.4 cm³/mol. The summed E-state index contributed by atoms with van der Waals surface area (Å²) < 4.78 is 7.63. The van der Waals surface area contributed by atoms with Crippen molar-refractivity contribution in [3.8, 4) is 5.75 Å². The highest BCUT2D eigenvalue weighted by Crippen LogP contribution is 2.36. The molecule has 2 aromatic carbocycles. The lowest BCUT2D eigenvalue weighted by Gasteiger charge is -2.14. The predicted octanol–water partition coefficient (Wildman–Crippen LogP) is 5.82. The van der Waals surface area contributed by atoms with Gasteiger partial charge in [0.1, 0.15) is 12.4 Å². The molecule has 0 saturated carbocycles. The van der Waals surface area contributed by atoms with E-state index in [2.05, 4.69) is 37.2 Å². The summed E-state index contributed by atoms with van der Waals surface area (Å²) in [7, 11) is 1.91. The van der Waals surface area contributed by atoms with E-state index in [1.807, 2.05) is 25.2 Å². The second kappa shape index (κ2) is 7.84. The second-order valence-electron chi connectivity index (χ2n) is 4.41. The first-order valence-electron chi connectivity index (χ1n) is 6.21. The van der Waals surface area contributed by atoms with E-state index in [1.54, 1.807) is 12.1 Å². The maximum atomic E-state index is 6.15. The minimum Gasteiger partial charge on any atom is -0.486 e. The maximum Gasteiger partial charge on any atom is 0.148 e. The van der Waals surface area contributed by atoms with Gasteiger partial charge in [-0.25, -0.2) is 0 Å². The highest BCUT2D eigenvalue weighted by molar-refractivity contribution is 9.11. The van der Waals surface area contributed by atoms with Crippen LogP contribution in [-0.2, 0) is 13.2 Å². The van der Waals surface area contributed by atoms with Gasteiger partial charge in [0.05, 0.1) is 8.95 Å². The van der Waals surface area contributed by atoms with E-state index in [-0.39, 0.29) is 0 Å². The molecule has 6 heteroatoms. The van der Waals surface area contributed by atoms with Crippen LogP contribution in [0.1, 0.15) is 11.1 Å². The van der Waals surface area contributed by atoms with Gasteiger partial charge in [-0.2, -0.15) is 0 Å². The number of nitrogens with one attached hydrogen (secondary N) is 1. The van der Waals surface area contributed by atoms with Crippen LogP contribution in [0.3, 0.4) is 0 Å². The average molecular weight is 454 g/mol. The van der Waals surface area contributed by atoms with Crippen molar-refractivity contribution in [2.24, 2.45) is 0 Å². The average Bonchev–Trinajstić information content (AvgIpc) is 2.41. The standard InChI is InChI=1S/C15H13Br2Cl2NO/c1-20-7-9-5-11(16)15(12(17)6-9)21-8-10-13(18)3-2-4-14(10)19/h2-6,20H,7-8H2,1H3. The Hall–Kier alpha value is -0.260. The minimum absolute atomic E-state index is 0.307. The number of benzene rings is 2. The van der Waals surface area contributed by atoms with Gasteiger partial charge in [-0.3, -0.25) is 0 Å². The first-order valence-corrected chi connectivity index (χ1v) is 8.55. The topological polar surface area (TPSA) is 21.3 Å². The second-order valence-corrected chi connectivity index (χ2v) is 6.93. The van der Waals surface area contributed by atoms with Crippen molar-refractivity contribution in [2.45, 2.75) is 13.2 Å².